The van der Waals surface area contributed by atoms with E-state index >= 15 is 0 Å². The number of likely N-dealkylation sites (tertiary alicyclic amines) is 2. The number of fused-ring (bicyclic) bond motifs is 4. The van der Waals surface area contributed by atoms with Gasteiger partial charge in [-0.2, -0.15) is 0 Å². The maximum atomic E-state index is 13.4. The van der Waals surface area contributed by atoms with Gasteiger partial charge in [-0.15, -0.1) is 0 Å². The first-order valence-electron chi connectivity index (χ1n) is 26.3. The number of pyridine rings is 2. The summed E-state index contributed by atoms with van der Waals surface area (Å²) >= 11 is 0. The second kappa shape index (κ2) is 32.5. The van der Waals surface area contributed by atoms with Crippen molar-refractivity contribution in [1.82, 2.24) is 30.1 Å². The summed E-state index contributed by atoms with van der Waals surface area (Å²) in [5, 5.41) is 61.6. The fraction of sp³-hybridized carbons (Fsp3) is 0.267. The second-order valence-electron chi connectivity index (χ2n) is 18.8. The number of hydrogen-bond donors (Lipinski definition) is 6. The van der Waals surface area contributed by atoms with E-state index in [0.717, 1.165) is 133 Å². The molecule has 0 saturated carbocycles. The molecule has 4 aromatic heterocycles. The lowest BCUT2D eigenvalue weighted by Crippen LogP contribution is -2.34. The van der Waals surface area contributed by atoms with Crippen LogP contribution in [0.4, 0.5) is 8.78 Å². The van der Waals surface area contributed by atoms with Gasteiger partial charge in [0, 0.05) is 131 Å². The smallest absolute Gasteiger partial charge is 0.328 e. The van der Waals surface area contributed by atoms with E-state index in [1.807, 2.05) is 60.9 Å². The van der Waals surface area contributed by atoms with E-state index in [2.05, 4.69) is 30.1 Å². The van der Waals surface area contributed by atoms with Crippen molar-refractivity contribution in [3.05, 3.63) is 169 Å². The first kappa shape index (κ1) is 63.2. The number of nitrogens with zero attached hydrogens (tertiary/aromatic N) is 6. The van der Waals surface area contributed by atoms with E-state index in [4.69, 9.17) is 49.2 Å². The van der Waals surface area contributed by atoms with Gasteiger partial charge in [0.05, 0.1) is 24.6 Å². The topological polar surface area (TPSA) is 327 Å². The maximum Gasteiger partial charge on any atom is 0.328 e. The molecule has 2 aliphatic heterocycles. The number of benzene rings is 4. The zero-order valence-corrected chi connectivity index (χ0v) is 45.1. The first-order valence-corrected chi connectivity index (χ1v) is 26.3. The lowest BCUT2D eigenvalue weighted by molar-refractivity contribution is -0.134. The number of piperidine rings is 2. The Morgan fingerprint density at radius 2 is 0.833 bits per heavy atom. The quantitative estimate of drug-likeness (QED) is 0.0344. The number of hydrogen-bond acceptors (Lipinski definition) is 16. The predicted molar refractivity (Wildman–Crippen MR) is 302 cm³/mol. The van der Waals surface area contributed by atoms with Crippen LogP contribution in [-0.4, -0.2) is 149 Å². The number of carbonyl (C=O) groups is 6. The Morgan fingerprint density at radius 1 is 0.488 bits per heavy atom. The van der Waals surface area contributed by atoms with Crippen molar-refractivity contribution in [2.24, 2.45) is 0 Å². The molecule has 2 fully saturated rings. The molecule has 84 heavy (non-hydrogen) atoms. The molecule has 24 heteroatoms. The lowest BCUT2D eigenvalue weighted by Gasteiger charge is -2.31. The largest absolute Gasteiger partial charge is 0.493 e. The van der Waals surface area contributed by atoms with Gasteiger partial charge in [-0.25, -0.2) is 37.5 Å². The van der Waals surface area contributed by atoms with E-state index < -0.39 is 35.8 Å². The van der Waals surface area contributed by atoms with Crippen molar-refractivity contribution in [3.8, 4) is 11.5 Å². The van der Waals surface area contributed by atoms with Gasteiger partial charge in [-0.3, -0.25) is 9.97 Å². The van der Waals surface area contributed by atoms with Crippen LogP contribution in [0.5, 0.6) is 11.5 Å². The molecule has 0 bridgehead atoms. The van der Waals surface area contributed by atoms with Gasteiger partial charge in [-0.05, 0) is 113 Å². The first-order chi connectivity index (χ1) is 40.4. The molecule has 0 radical (unpaired) electrons. The minimum absolute atomic E-state index is 0.289. The number of carboxylic acids is 6. The molecular weight excluding hydrogens is 1100 g/mol. The van der Waals surface area contributed by atoms with Crippen LogP contribution in [0.3, 0.4) is 0 Å². The Hall–Kier alpha value is -9.94. The molecule has 10 rings (SSSR count). The molecule has 0 atom stereocenters. The minimum Gasteiger partial charge on any atom is -0.493 e. The highest BCUT2D eigenvalue weighted by atomic mass is 19.1. The highest BCUT2D eigenvalue weighted by Gasteiger charge is 2.26. The fourth-order valence-electron chi connectivity index (χ4n) is 9.12. The molecule has 0 amide bonds. The summed E-state index contributed by atoms with van der Waals surface area (Å²) in [6.45, 7) is 7.54. The average Bonchev–Trinajstić information content (AvgIpc) is 3.82. The summed E-state index contributed by atoms with van der Waals surface area (Å²) in [4.78, 5) is 70.6. The second-order valence-corrected chi connectivity index (χ2v) is 18.8. The summed E-state index contributed by atoms with van der Waals surface area (Å²) in [7, 11) is 0. The zero-order chi connectivity index (χ0) is 60.4. The third-order valence-corrected chi connectivity index (χ3v) is 13.0. The normalized spacial score (nSPS) is 14.0. The molecule has 6 heterocycles. The fourth-order valence-corrected chi connectivity index (χ4v) is 9.12. The van der Waals surface area contributed by atoms with Crippen molar-refractivity contribution in [2.45, 2.75) is 50.4 Å². The van der Waals surface area contributed by atoms with Crippen LogP contribution in [0.15, 0.2) is 155 Å². The van der Waals surface area contributed by atoms with Crippen LogP contribution >= 0.6 is 0 Å². The summed E-state index contributed by atoms with van der Waals surface area (Å²) in [5.74, 6) is -5.54. The van der Waals surface area contributed by atoms with Crippen LogP contribution in [0.25, 0.3) is 43.5 Å². The van der Waals surface area contributed by atoms with E-state index in [0.29, 0.717) is 72.7 Å². The predicted octanol–water partition coefficient (Wildman–Crippen LogP) is 9.46. The number of carboxylic acid groups (broad SMARTS) is 6. The average molecular weight is 1160 g/mol. The van der Waals surface area contributed by atoms with E-state index in [1.54, 1.807) is 24.5 Å². The van der Waals surface area contributed by atoms with E-state index in [9.17, 15) is 37.5 Å². The minimum atomic E-state index is -1.26. The van der Waals surface area contributed by atoms with Gasteiger partial charge in [0.25, 0.3) is 0 Å². The molecule has 0 spiro atoms. The van der Waals surface area contributed by atoms with E-state index in [1.165, 1.54) is 24.3 Å². The van der Waals surface area contributed by atoms with Crippen molar-refractivity contribution in [1.29, 1.82) is 0 Å². The van der Waals surface area contributed by atoms with Gasteiger partial charge in [-0.1, -0.05) is 34.6 Å². The van der Waals surface area contributed by atoms with Gasteiger partial charge in [0.2, 0.25) is 0 Å². The van der Waals surface area contributed by atoms with Crippen LogP contribution < -0.4 is 9.47 Å². The van der Waals surface area contributed by atoms with Gasteiger partial charge in [0.15, 0.2) is 11.2 Å². The third-order valence-electron chi connectivity index (χ3n) is 13.0. The summed E-state index contributed by atoms with van der Waals surface area (Å²) in [6, 6.07) is 25.5. The van der Waals surface area contributed by atoms with Crippen LogP contribution in [0.2, 0.25) is 0 Å². The van der Waals surface area contributed by atoms with E-state index in [-0.39, 0.29) is 11.6 Å². The molecule has 0 aliphatic carbocycles. The molecular formula is C60H60F2N6O16. The number of aliphatic carboxylic acids is 6. The molecule has 2 aliphatic rings. The van der Waals surface area contributed by atoms with Gasteiger partial charge >= 0.3 is 35.8 Å². The van der Waals surface area contributed by atoms with Crippen LogP contribution in [0, 0.1) is 11.6 Å². The molecule has 2 saturated heterocycles. The SMILES string of the molecule is Fc1ccc2c(C3CCN(CCCOc4cccc5cnccc45)CC3)noc2c1.Fc1ccc2c(C3CCN(CCCOc4cccc5cnccc45)CC3)noc2c1.O=C(O)/C=C/C(=O)O.O=C(O)/C=C/C(=O)O.O=C(O)/C=C/C(=O)O. The van der Waals surface area contributed by atoms with Gasteiger partial charge < -0.3 is 59.0 Å². The molecule has 0 unspecified atom stereocenters. The van der Waals surface area contributed by atoms with Crippen molar-refractivity contribution in [2.75, 3.05) is 52.5 Å². The standard InChI is InChI=1S/2C24H24FN3O2.3C4H4O4/c2*25-19-5-6-21-23(15-19)30-27-24(21)17-8-12-28(13-9-17)11-2-14-29-22-4-1-3-18-16-26-10-7-20(18)22;3*5-3(6)1-2-4(7)8/h2*1,3-7,10,15-17H,2,8-9,11-14H2;3*1-2H,(H,5,6)(H,7,8)/b;;3*2-1+. The highest BCUT2D eigenvalue weighted by Crippen LogP contribution is 2.35. The Bertz CT molecular complexity index is 3280. The van der Waals surface area contributed by atoms with Crippen molar-refractivity contribution < 1.29 is 86.7 Å². The van der Waals surface area contributed by atoms with Crippen molar-refractivity contribution >= 4 is 79.3 Å². The summed E-state index contributed by atoms with van der Waals surface area (Å²) in [5.41, 5.74) is 3.01. The molecule has 4 aromatic carbocycles. The van der Waals surface area contributed by atoms with Crippen LogP contribution in [0.1, 0.15) is 61.7 Å². The molecule has 8 aromatic rings. The molecule has 440 valence electrons. The highest BCUT2D eigenvalue weighted by molar-refractivity contribution is 5.91. The molecule has 6 N–H and O–H groups in total. The maximum absolute atomic E-state index is 13.4. The number of rotatable bonds is 18. The van der Waals surface area contributed by atoms with Crippen LogP contribution in [-0.2, 0) is 28.8 Å². The van der Waals surface area contributed by atoms with Gasteiger partial charge in [0.1, 0.15) is 23.1 Å². The Balaban J connectivity index is 0.000000195. The van der Waals surface area contributed by atoms with Crippen molar-refractivity contribution in [3.63, 3.8) is 0 Å². The number of aromatic nitrogens is 4. The number of ether oxygens (including phenoxy) is 2. The monoisotopic (exact) mass is 1160 g/mol. The Labute approximate surface area is 478 Å². The third kappa shape index (κ3) is 20.6. The number of halogens is 2. The zero-order valence-electron chi connectivity index (χ0n) is 45.1. The Morgan fingerprint density at radius 3 is 1.17 bits per heavy atom. The summed E-state index contributed by atoms with van der Waals surface area (Å²) in [6.07, 6.45) is 16.8. The molecule has 22 nitrogen and oxygen atoms in total. The summed E-state index contributed by atoms with van der Waals surface area (Å²) < 4.78 is 49.5. The lowest BCUT2D eigenvalue weighted by atomic mass is 9.91. The Kier molecular flexibility index (Phi) is 24.5.